The highest BCUT2D eigenvalue weighted by Gasteiger charge is 2.11. The van der Waals surface area contributed by atoms with Gasteiger partial charge in [0.05, 0.1) is 0 Å². The van der Waals surface area contributed by atoms with Crippen LogP contribution < -0.4 is 5.32 Å². The Morgan fingerprint density at radius 3 is 2.17 bits per heavy atom. The quantitative estimate of drug-likeness (QED) is 0.654. The smallest absolute Gasteiger partial charge is 0.0104 e. The van der Waals surface area contributed by atoms with Crippen molar-refractivity contribution in [3.63, 3.8) is 0 Å². The van der Waals surface area contributed by atoms with E-state index in [1.165, 1.54) is 12.8 Å². The van der Waals surface area contributed by atoms with E-state index in [2.05, 4.69) is 38.2 Å². The molecule has 0 aromatic carbocycles. The number of rotatable bonds is 6. The molecule has 0 saturated carbocycles. The second-order valence-corrected chi connectivity index (χ2v) is 4.14. The average Bonchev–Trinajstić information content (AvgIpc) is 1.96. The molecule has 12 heavy (non-hydrogen) atoms. The third-order valence-corrected chi connectivity index (χ3v) is 2.20. The molecular weight excluding hydrogens is 148 g/mol. The van der Waals surface area contributed by atoms with Gasteiger partial charge in [-0.15, -0.1) is 0 Å². The lowest BCUT2D eigenvalue weighted by atomic mass is 10.0. The maximum absolute atomic E-state index is 3.20. The molecule has 1 N–H and O–H groups in total. The monoisotopic (exact) mass is 172 g/mol. The van der Waals surface area contributed by atoms with E-state index in [1.54, 1.807) is 0 Å². The summed E-state index contributed by atoms with van der Waals surface area (Å²) in [6.45, 7) is 5.70. The van der Waals surface area contributed by atoms with Crippen molar-refractivity contribution >= 4 is 0 Å². The molecule has 0 spiro atoms. The van der Waals surface area contributed by atoms with Crippen LogP contribution in [0, 0.1) is 5.92 Å². The van der Waals surface area contributed by atoms with Gasteiger partial charge in [0.25, 0.3) is 0 Å². The molecule has 0 bridgehead atoms. The summed E-state index contributed by atoms with van der Waals surface area (Å²) in [5.41, 5.74) is 0. The van der Waals surface area contributed by atoms with Crippen LogP contribution in [0.5, 0.6) is 0 Å². The molecule has 0 radical (unpaired) electrons. The van der Waals surface area contributed by atoms with Gasteiger partial charge in [0, 0.05) is 6.04 Å². The van der Waals surface area contributed by atoms with E-state index in [0.29, 0.717) is 0 Å². The first kappa shape index (κ1) is 11.9. The fourth-order valence-corrected chi connectivity index (χ4v) is 1.44. The molecule has 1 atom stereocenters. The summed E-state index contributed by atoms with van der Waals surface area (Å²) in [7, 11) is 6.35. The van der Waals surface area contributed by atoms with E-state index >= 15 is 0 Å². The van der Waals surface area contributed by atoms with Gasteiger partial charge in [0.1, 0.15) is 0 Å². The van der Waals surface area contributed by atoms with Gasteiger partial charge in [-0.25, -0.2) is 0 Å². The van der Waals surface area contributed by atoms with Gasteiger partial charge >= 0.3 is 0 Å². The molecule has 2 nitrogen and oxygen atoms in total. The summed E-state index contributed by atoms with van der Waals surface area (Å²) in [5, 5.41) is 3.20. The van der Waals surface area contributed by atoms with E-state index in [4.69, 9.17) is 0 Å². The number of nitrogens with zero attached hydrogens (tertiary/aromatic N) is 1. The van der Waals surface area contributed by atoms with Crippen LogP contribution in [-0.2, 0) is 0 Å². The molecule has 0 aliphatic heterocycles. The summed E-state index contributed by atoms with van der Waals surface area (Å²) in [6, 6.07) is 0.734. The van der Waals surface area contributed by atoms with Crippen molar-refractivity contribution in [1.29, 1.82) is 0 Å². The molecule has 0 aliphatic rings. The highest BCUT2D eigenvalue weighted by Crippen LogP contribution is 2.11. The minimum absolute atomic E-state index is 0.734. The normalized spacial score (nSPS) is 14.2. The molecule has 0 heterocycles. The average molecular weight is 172 g/mol. The fraction of sp³-hybridized carbons (Fsp3) is 1.00. The second kappa shape index (κ2) is 6.44. The van der Waals surface area contributed by atoms with Crippen molar-refractivity contribution in [1.82, 2.24) is 10.2 Å². The zero-order valence-electron chi connectivity index (χ0n) is 9.22. The van der Waals surface area contributed by atoms with Crippen molar-refractivity contribution in [3.05, 3.63) is 0 Å². The maximum Gasteiger partial charge on any atom is 0.0104 e. The zero-order chi connectivity index (χ0) is 9.56. The van der Waals surface area contributed by atoms with Crippen LogP contribution in [0.15, 0.2) is 0 Å². The van der Waals surface area contributed by atoms with Crippen molar-refractivity contribution in [2.45, 2.75) is 32.7 Å². The molecule has 0 aromatic rings. The van der Waals surface area contributed by atoms with Crippen LogP contribution >= 0.6 is 0 Å². The molecule has 74 valence electrons. The van der Waals surface area contributed by atoms with Crippen LogP contribution in [0.2, 0.25) is 0 Å². The maximum atomic E-state index is 3.20. The van der Waals surface area contributed by atoms with Gasteiger partial charge in [-0.2, -0.15) is 0 Å². The van der Waals surface area contributed by atoms with Crippen molar-refractivity contribution in [2.24, 2.45) is 5.92 Å². The number of hydrogen-bond acceptors (Lipinski definition) is 2. The van der Waals surface area contributed by atoms with Gasteiger partial charge in [-0.1, -0.05) is 13.8 Å². The Labute approximate surface area is 77.3 Å². The molecule has 0 fully saturated rings. The lowest BCUT2D eigenvalue weighted by Gasteiger charge is -2.25. The highest BCUT2D eigenvalue weighted by molar-refractivity contribution is 4.68. The third-order valence-electron chi connectivity index (χ3n) is 2.20. The Morgan fingerprint density at radius 1 is 1.25 bits per heavy atom. The van der Waals surface area contributed by atoms with Gasteiger partial charge in [-0.05, 0) is 46.4 Å². The van der Waals surface area contributed by atoms with Gasteiger partial charge < -0.3 is 10.2 Å². The van der Waals surface area contributed by atoms with Crippen LogP contribution in [0.1, 0.15) is 26.7 Å². The molecule has 0 saturated heterocycles. The fourth-order valence-electron chi connectivity index (χ4n) is 1.44. The minimum Gasteiger partial charge on any atom is -0.320 e. The predicted molar refractivity (Wildman–Crippen MR) is 55.5 cm³/mol. The Morgan fingerprint density at radius 2 is 1.83 bits per heavy atom. The molecule has 0 aliphatic carbocycles. The van der Waals surface area contributed by atoms with Crippen LogP contribution in [0.3, 0.4) is 0 Å². The lowest BCUT2D eigenvalue weighted by molar-refractivity contribution is 0.241. The number of hydrogen-bond donors (Lipinski definition) is 1. The summed E-state index contributed by atoms with van der Waals surface area (Å²) < 4.78 is 0. The van der Waals surface area contributed by atoms with Gasteiger partial charge in [0.15, 0.2) is 0 Å². The molecule has 0 aromatic heterocycles. The Kier molecular flexibility index (Phi) is 6.39. The third kappa shape index (κ3) is 5.56. The van der Waals surface area contributed by atoms with Crippen LogP contribution in [0.4, 0.5) is 0 Å². The molecule has 2 heteroatoms. The largest absolute Gasteiger partial charge is 0.320 e. The van der Waals surface area contributed by atoms with E-state index in [1.807, 2.05) is 7.05 Å². The summed E-state index contributed by atoms with van der Waals surface area (Å²) in [5.74, 6) is 0.800. The van der Waals surface area contributed by atoms with E-state index in [0.717, 1.165) is 18.5 Å². The van der Waals surface area contributed by atoms with Crippen LogP contribution in [-0.4, -0.2) is 38.6 Å². The standard InChI is InChI=1S/C10H24N2/c1-9(2)8-10(12(4)5)6-7-11-3/h9-11H,6-8H2,1-5H3. The summed E-state index contributed by atoms with van der Waals surface area (Å²) >= 11 is 0. The van der Waals surface area contributed by atoms with E-state index in [-0.39, 0.29) is 0 Å². The topological polar surface area (TPSA) is 15.3 Å². The zero-order valence-corrected chi connectivity index (χ0v) is 9.22. The SMILES string of the molecule is CNCCC(CC(C)C)N(C)C. The summed E-state index contributed by atoms with van der Waals surface area (Å²) in [6.07, 6.45) is 2.55. The van der Waals surface area contributed by atoms with Crippen LogP contribution in [0.25, 0.3) is 0 Å². The van der Waals surface area contributed by atoms with Crippen molar-refractivity contribution in [2.75, 3.05) is 27.7 Å². The molecular formula is C10H24N2. The second-order valence-electron chi connectivity index (χ2n) is 4.14. The van der Waals surface area contributed by atoms with Crippen molar-refractivity contribution < 1.29 is 0 Å². The Bertz CT molecular complexity index is 100. The first-order valence-corrected chi connectivity index (χ1v) is 4.89. The summed E-state index contributed by atoms with van der Waals surface area (Å²) in [4.78, 5) is 2.33. The van der Waals surface area contributed by atoms with Crippen molar-refractivity contribution in [3.8, 4) is 0 Å². The molecule has 0 amide bonds. The predicted octanol–water partition coefficient (Wildman–Crippen LogP) is 1.57. The van der Waals surface area contributed by atoms with Gasteiger partial charge in [-0.3, -0.25) is 0 Å². The van der Waals surface area contributed by atoms with E-state index in [9.17, 15) is 0 Å². The Balaban J connectivity index is 3.70. The lowest BCUT2D eigenvalue weighted by Crippen LogP contribution is -2.32. The van der Waals surface area contributed by atoms with Gasteiger partial charge in [0.2, 0.25) is 0 Å². The first-order valence-electron chi connectivity index (χ1n) is 4.89. The van der Waals surface area contributed by atoms with E-state index < -0.39 is 0 Å². The molecule has 0 rings (SSSR count). The molecule has 1 unspecified atom stereocenters. The number of nitrogens with one attached hydrogen (secondary N) is 1. The minimum atomic E-state index is 0.734. The Hall–Kier alpha value is -0.0800. The first-order chi connectivity index (χ1) is 5.57. The highest BCUT2D eigenvalue weighted by atomic mass is 15.1.